The second-order valence-electron chi connectivity index (χ2n) is 5.63. The number of benzene rings is 1. The molecule has 104 valence electrons. The molecule has 3 heteroatoms. The second kappa shape index (κ2) is 6.71. The topological polar surface area (TPSA) is 32.3 Å². The predicted molar refractivity (Wildman–Crippen MR) is 78.4 cm³/mol. The summed E-state index contributed by atoms with van der Waals surface area (Å²) in [6.45, 7) is 2.31. The molecule has 3 nitrogen and oxygen atoms in total. The van der Waals surface area contributed by atoms with Crippen molar-refractivity contribution in [3.05, 3.63) is 35.4 Å². The number of piperidine rings is 1. The highest BCUT2D eigenvalue weighted by molar-refractivity contribution is 5.94. The number of nitrogens with zero attached hydrogens (tertiary/aromatic N) is 1. The van der Waals surface area contributed by atoms with Crippen LogP contribution in [0.1, 0.15) is 35.2 Å². The van der Waals surface area contributed by atoms with E-state index in [4.69, 9.17) is 0 Å². The third-order valence-electron chi connectivity index (χ3n) is 3.88. The van der Waals surface area contributed by atoms with Gasteiger partial charge in [-0.05, 0) is 62.4 Å². The van der Waals surface area contributed by atoms with Crippen molar-refractivity contribution in [3.8, 4) is 0 Å². The summed E-state index contributed by atoms with van der Waals surface area (Å²) in [5.41, 5.74) is 2.08. The average molecular weight is 260 g/mol. The number of nitrogens with one attached hydrogen (secondary N) is 1. The van der Waals surface area contributed by atoms with Gasteiger partial charge in [0, 0.05) is 19.7 Å². The van der Waals surface area contributed by atoms with Crippen LogP contribution in [0.2, 0.25) is 0 Å². The van der Waals surface area contributed by atoms with Gasteiger partial charge in [0.05, 0.1) is 0 Å². The fourth-order valence-electron chi connectivity index (χ4n) is 2.66. The molecule has 1 amide bonds. The Morgan fingerprint density at radius 2 is 2.05 bits per heavy atom. The van der Waals surface area contributed by atoms with Gasteiger partial charge in [-0.15, -0.1) is 0 Å². The van der Waals surface area contributed by atoms with Gasteiger partial charge in [0.25, 0.3) is 5.91 Å². The molecule has 1 aromatic carbocycles. The molecule has 0 aliphatic carbocycles. The molecule has 0 aromatic heterocycles. The van der Waals surface area contributed by atoms with Crippen molar-refractivity contribution >= 4 is 5.91 Å². The summed E-state index contributed by atoms with van der Waals surface area (Å²) in [4.78, 5) is 13.6. The van der Waals surface area contributed by atoms with E-state index in [0.29, 0.717) is 0 Å². The number of hydrogen-bond acceptors (Lipinski definition) is 2. The molecule has 0 spiro atoms. The van der Waals surface area contributed by atoms with E-state index >= 15 is 0 Å². The van der Waals surface area contributed by atoms with Gasteiger partial charge in [0.1, 0.15) is 0 Å². The van der Waals surface area contributed by atoms with Crippen molar-refractivity contribution in [2.24, 2.45) is 5.92 Å². The third kappa shape index (κ3) is 4.06. The zero-order chi connectivity index (χ0) is 13.7. The molecule has 1 aliphatic heterocycles. The van der Waals surface area contributed by atoms with Crippen LogP contribution in [0.5, 0.6) is 0 Å². The zero-order valence-corrected chi connectivity index (χ0v) is 12.0. The largest absolute Gasteiger partial charge is 0.345 e. The fraction of sp³-hybridized carbons (Fsp3) is 0.562. The second-order valence-corrected chi connectivity index (χ2v) is 5.63. The van der Waals surface area contributed by atoms with E-state index in [1.807, 2.05) is 18.2 Å². The van der Waals surface area contributed by atoms with Crippen LogP contribution in [0, 0.1) is 5.92 Å². The first-order chi connectivity index (χ1) is 9.16. The van der Waals surface area contributed by atoms with E-state index in [-0.39, 0.29) is 5.91 Å². The summed E-state index contributed by atoms with van der Waals surface area (Å²) in [7, 11) is 3.59. The lowest BCUT2D eigenvalue weighted by atomic mass is 9.91. The van der Waals surface area contributed by atoms with Crippen molar-refractivity contribution in [2.75, 3.05) is 27.2 Å². The van der Waals surface area contributed by atoms with Gasteiger partial charge in [-0.25, -0.2) is 0 Å². The van der Waals surface area contributed by atoms with Crippen LogP contribution in [-0.2, 0) is 6.42 Å². The predicted octanol–water partition coefficient (Wildman–Crippen LogP) is 2.32. The molecule has 0 bridgehead atoms. The molecule has 1 heterocycles. The van der Waals surface area contributed by atoms with Crippen molar-refractivity contribution in [2.45, 2.75) is 25.7 Å². The molecule has 1 aromatic rings. The summed E-state index contributed by atoms with van der Waals surface area (Å²) in [5.74, 6) is 0.929. The highest BCUT2D eigenvalue weighted by atomic mass is 16.2. The maximum atomic E-state index is 11.9. The molecule has 1 saturated heterocycles. The van der Waals surface area contributed by atoms with Gasteiger partial charge in [0.15, 0.2) is 0 Å². The van der Waals surface area contributed by atoms with Crippen LogP contribution >= 0.6 is 0 Å². The van der Waals surface area contributed by atoms with Gasteiger partial charge >= 0.3 is 0 Å². The van der Waals surface area contributed by atoms with E-state index < -0.39 is 0 Å². The van der Waals surface area contributed by atoms with E-state index in [1.54, 1.807) is 19.0 Å². The summed E-state index contributed by atoms with van der Waals surface area (Å²) >= 11 is 0. The Kier molecular flexibility index (Phi) is 4.97. The van der Waals surface area contributed by atoms with Gasteiger partial charge < -0.3 is 10.2 Å². The van der Waals surface area contributed by atoms with Crippen LogP contribution in [0.4, 0.5) is 0 Å². The zero-order valence-electron chi connectivity index (χ0n) is 12.0. The maximum Gasteiger partial charge on any atom is 0.253 e. The minimum Gasteiger partial charge on any atom is -0.345 e. The van der Waals surface area contributed by atoms with Gasteiger partial charge in [-0.2, -0.15) is 0 Å². The van der Waals surface area contributed by atoms with Gasteiger partial charge in [-0.3, -0.25) is 4.79 Å². The average Bonchev–Trinajstić information content (AvgIpc) is 2.45. The van der Waals surface area contributed by atoms with E-state index in [9.17, 15) is 4.79 Å². The highest BCUT2D eigenvalue weighted by Gasteiger charge is 2.13. The quantitative estimate of drug-likeness (QED) is 0.901. The Morgan fingerprint density at radius 1 is 1.32 bits per heavy atom. The lowest BCUT2D eigenvalue weighted by Gasteiger charge is -2.22. The van der Waals surface area contributed by atoms with Crippen molar-refractivity contribution in [1.29, 1.82) is 0 Å². The van der Waals surface area contributed by atoms with E-state index in [0.717, 1.165) is 31.0 Å². The lowest BCUT2D eigenvalue weighted by Crippen LogP contribution is -2.27. The third-order valence-corrected chi connectivity index (χ3v) is 3.88. The molecule has 0 radical (unpaired) electrons. The molecule has 19 heavy (non-hydrogen) atoms. The number of hydrogen-bond donors (Lipinski definition) is 1. The highest BCUT2D eigenvalue weighted by Crippen LogP contribution is 2.19. The van der Waals surface area contributed by atoms with Gasteiger partial charge in [-0.1, -0.05) is 12.1 Å². The molecular weight excluding hydrogens is 236 g/mol. The van der Waals surface area contributed by atoms with Crippen molar-refractivity contribution < 1.29 is 4.79 Å². The van der Waals surface area contributed by atoms with Crippen LogP contribution < -0.4 is 5.32 Å². The Labute approximate surface area is 116 Å². The molecule has 1 aliphatic rings. The smallest absolute Gasteiger partial charge is 0.253 e. The van der Waals surface area contributed by atoms with E-state index in [1.165, 1.54) is 24.8 Å². The summed E-state index contributed by atoms with van der Waals surface area (Å²) in [6, 6.07) is 8.07. The molecule has 2 rings (SSSR count). The fourth-order valence-corrected chi connectivity index (χ4v) is 2.66. The number of carbonyl (C=O) groups is 1. The summed E-state index contributed by atoms with van der Waals surface area (Å²) < 4.78 is 0. The van der Waals surface area contributed by atoms with Crippen LogP contribution in [0.25, 0.3) is 0 Å². The molecule has 0 saturated carbocycles. The maximum absolute atomic E-state index is 11.9. The number of rotatable bonds is 4. The molecule has 1 N–H and O–H groups in total. The Hall–Kier alpha value is -1.35. The monoisotopic (exact) mass is 260 g/mol. The standard InChI is InChI=1S/C16H24N2O/c1-18(2)16(19)15-5-3-4-14(12-15)7-6-13-8-10-17-11-9-13/h3-5,12-13,17H,6-11H2,1-2H3. The van der Waals surface area contributed by atoms with Crippen molar-refractivity contribution in [3.63, 3.8) is 0 Å². The normalized spacial score (nSPS) is 16.3. The van der Waals surface area contributed by atoms with Crippen LogP contribution in [0.15, 0.2) is 24.3 Å². The Bertz CT molecular complexity index is 423. The first-order valence-electron chi connectivity index (χ1n) is 7.18. The molecule has 1 fully saturated rings. The van der Waals surface area contributed by atoms with Crippen LogP contribution in [0.3, 0.4) is 0 Å². The lowest BCUT2D eigenvalue weighted by molar-refractivity contribution is 0.0827. The molecular formula is C16H24N2O. The number of amides is 1. The van der Waals surface area contributed by atoms with Crippen molar-refractivity contribution in [1.82, 2.24) is 10.2 Å². The first-order valence-corrected chi connectivity index (χ1v) is 7.18. The van der Waals surface area contributed by atoms with Gasteiger partial charge in [0.2, 0.25) is 0 Å². The molecule has 0 unspecified atom stereocenters. The Morgan fingerprint density at radius 3 is 2.74 bits per heavy atom. The minimum absolute atomic E-state index is 0.0868. The number of carbonyl (C=O) groups excluding carboxylic acids is 1. The van der Waals surface area contributed by atoms with E-state index in [2.05, 4.69) is 11.4 Å². The summed E-state index contributed by atoms with van der Waals surface area (Å²) in [5, 5.41) is 3.40. The molecule has 0 atom stereocenters. The SMILES string of the molecule is CN(C)C(=O)c1cccc(CCC2CCNCC2)c1. The van der Waals surface area contributed by atoms with Crippen LogP contribution in [-0.4, -0.2) is 38.0 Å². The minimum atomic E-state index is 0.0868. The number of aryl methyl sites for hydroxylation is 1. The first kappa shape index (κ1) is 14.1. The Balaban J connectivity index is 1.93. The summed E-state index contributed by atoms with van der Waals surface area (Å²) in [6.07, 6.45) is 4.90.